The van der Waals surface area contributed by atoms with Gasteiger partial charge in [-0.25, -0.2) is 4.79 Å². The normalized spacial score (nSPS) is 19.2. The average molecular weight is 517 g/mol. The van der Waals surface area contributed by atoms with Crippen molar-refractivity contribution in [3.05, 3.63) is 23.3 Å². The van der Waals surface area contributed by atoms with E-state index in [-0.39, 0.29) is 23.9 Å². The molecule has 2 aliphatic rings. The van der Waals surface area contributed by atoms with Crippen LogP contribution in [0.2, 0.25) is 0 Å². The van der Waals surface area contributed by atoms with Gasteiger partial charge in [0, 0.05) is 44.3 Å². The predicted octanol–water partition coefficient (Wildman–Crippen LogP) is 3.96. The van der Waals surface area contributed by atoms with Crippen LogP contribution in [0.4, 0.5) is 10.5 Å². The fourth-order valence-corrected chi connectivity index (χ4v) is 5.11. The van der Waals surface area contributed by atoms with Crippen molar-refractivity contribution in [2.75, 3.05) is 37.6 Å². The van der Waals surface area contributed by atoms with Crippen LogP contribution in [0.5, 0.6) is 5.75 Å². The van der Waals surface area contributed by atoms with Crippen LogP contribution in [-0.4, -0.2) is 77.7 Å². The largest absolute Gasteiger partial charge is 0.476 e. The first-order valence-electron chi connectivity index (χ1n) is 13.5. The number of hydrogen-bond acceptors (Lipinski definition) is 6. The Kier molecular flexibility index (Phi) is 8.78. The Morgan fingerprint density at radius 1 is 1.24 bits per heavy atom. The fraction of sp³-hybridized carbons (Fsp3) is 0.679. The molecule has 2 heterocycles. The lowest BCUT2D eigenvalue weighted by atomic mass is 9.95. The van der Waals surface area contributed by atoms with Gasteiger partial charge in [-0.2, -0.15) is 0 Å². The van der Waals surface area contributed by atoms with Crippen LogP contribution < -0.4 is 15.4 Å². The molecule has 3 rings (SSSR count). The number of ether oxygens (including phenoxy) is 2. The molecule has 2 aliphatic heterocycles. The molecule has 2 N–H and O–H groups in total. The molecule has 0 bridgehead atoms. The Morgan fingerprint density at radius 2 is 1.95 bits per heavy atom. The van der Waals surface area contributed by atoms with E-state index in [2.05, 4.69) is 6.92 Å². The molecule has 206 valence electrons. The molecule has 0 spiro atoms. The summed E-state index contributed by atoms with van der Waals surface area (Å²) in [4.78, 5) is 45.1. The summed E-state index contributed by atoms with van der Waals surface area (Å²) >= 11 is 0. The zero-order chi connectivity index (χ0) is 27.5. The van der Waals surface area contributed by atoms with Crippen LogP contribution in [0.15, 0.2) is 12.1 Å². The van der Waals surface area contributed by atoms with Gasteiger partial charge in [0.15, 0.2) is 5.60 Å². The van der Waals surface area contributed by atoms with E-state index >= 15 is 0 Å². The number of anilines is 1. The van der Waals surface area contributed by atoms with Crippen molar-refractivity contribution in [3.63, 3.8) is 0 Å². The second kappa shape index (κ2) is 11.3. The number of nitrogens with zero attached hydrogens (tertiary/aromatic N) is 3. The topological polar surface area (TPSA) is 105 Å². The summed E-state index contributed by atoms with van der Waals surface area (Å²) < 4.78 is 11.7. The van der Waals surface area contributed by atoms with Gasteiger partial charge >= 0.3 is 6.09 Å². The lowest BCUT2D eigenvalue weighted by molar-refractivity contribution is -0.132. The summed E-state index contributed by atoms with van der Waals surface area (Å²) in [6, 6.07) is 3.58. The van der Waals surface area contributed by atoms with E-state index < -0.39 is 11.2 Å². The molecular formula is C28H44N4O5. The number of aryl methyl sites for hydroxylation is 1. The van der Waals surface area contributed by atoms with Gasteiger partial charge in [-0.05, 0) is 78.5 Å². The summed E-state index contributed by atoms with van der Waals surface area (Å²) in [5.74, 6) is 0.310. The van der Waals surface area contributed by atoms with Gasteiger partial charge in [0.1, 0.15) is 11.4 Å². The van der Waals surface area contributed by atoms with Crippen molar-refractivity contribution in [2.45, 2.75) is 91.4 Å². The molecule has 3 amide bonds. The minimum absolute atomic E-state index is 0.102. The molecule has 1 fully saturated rings. The Morgan fingerprint density at radius 3 is 2.54 bits per heavy atom. The highest BCUT2D eigenvalue weighted by Gasteiger charge is 2.42. The highest BCUT2D eigenvalue weighted by molar-refractivity contribution is 6.05. The van der Waals surface area contributed by atoms with Gasteiger partial charge in [-0.15, -0.1) is 0 Å². The Balaban J connectivity index is 1.95. The summed E-state index contributed by atoms with van der Waals surface area (Å²) in [5.41, 5.74) is 6.27. The number of piperidine rings is 1. The van der Waals surface area contributed by atoms with Gasteiger partial charge in [-0.1, -0.05) is 13.3 Å². The second-order valence-corrected chi connectivity index (χ2v) is 11.4. The van der Waals surface area contributed by atoms with E-state index in [1.54, 1.807) is 29.7 Å². The molecule has 0 radical (unpaired) electrons. The zero-order valence-electron chi connectivity index (χ0n) is 23.6. The molecule has 1 aromatic rings. The van der Waals surface area contributed by atoms with Crippen molar-refractivity contribution in [1.29, 1.82) is 0 Å². The van der Waals surface area contributed by atoms with Gasteiger partial charge in [-0.3, -0.25) is 9.59 Å². The number of carbonyl (C=O) groups excluding carboxylic acids is 3. The van der Waals surface area contributed by atoms with E-state index in [4.69, 9.17) is 15.2 Å². The fourth-order valence-electron chi connectivity index (χ4n) is 5.11. The van der Waals surface area contributed by atoms with Gasteiger partial charge < -0.3 is 29.9 Å². The van der Waals surface area contributed by atoms with Crippen molar-refractivity contribution < 1.29 is 23.9 Å². The van der Waals surface area contributed by atoms with Crippen LogP contribution in [0.3, 0.4) is 0 Å². The maximum Gasteiger partial charge on any atom is 0.410 e. The van der Waals surface area contributed by atoms with Crippen LogP contribution in [0.25, 0.3) is 0 Å². The molecule has 0 saturated carbocycles. The maximum absolute atomic E-state index is 14.1. The van der Waals surface area contributed by atoms with Crippen molar-refractivity contribution in [2.24, 2.45) is 5.73 Å². The molecule has 1 aromatic carbocycles. The Hall–Kier alpha value is -2.81. The van der Waals surface area contributed by atoms with E-state index in [0.717, 1.165) is 24.8 Å². The first-order chi connectivity index (χ1) is 17.3. The third-order valence-electron chi connectivity index (χ3n) is 6.79. The van der Waals surface area contributed by atoms with Gasteiger partial charge in [0.05, 0.1) is 5.69 Å². The third kappa shape index (κ3) is 6.37. The molecule has 9 heteroatoms. The predicted molar refractivity (Wildman–Crippen MR) is 144 cm³/mol. The molecule has 0 aliphatic carbocycles. The van der Waals surface area contributed by atoms with E-state index in [0.29, 0.717) is 56.1 Å². The van der Waals surface area contributed by atoms with Crippen molar-refractivity contribution in [3.8, 4) is 5.75 Å². The van der Waals surface area contributed by atoms with E-state index in [1.807, 2.05) is 38.7 Å². The number of benzene rings is 1. The number of likely N-dealkylation sites (N-methyl/N-ethyl adjacent to an activating group) is 1. The molecule has 1 atom stereocenters. The van der Waals surface area contributed by atoms with Crippen molar-refractivity contribution >= 4 is 23.6 Å². The number of amides is 3. The minimum Gasteiger partial charge on any atom is -0.476 e. The SMILES string of the molecule is CCCc1cc2c(cc1C(=O)N(CC)[C@@H]1CCCN(C(=O)OC(C)(C)C)C1)N(CCN)C(=O)C(C)(C)O2. The summed E-state index contributed by atoms with van der Waals surface area (Å²) in [6.07, 6.45) is 2.81. The van der Waals surface area contributed by atoms with Crippen LogP contribution in [0.1, 0.15) is 83.7 Å². The number of nitrogens with two attached hydrogens (primary N) is 1. The minimum atomic E-state index is -1.01. The zero-order valence-corrected chi connectivity index (χ0v) is 23.6. The highest BCUT2D eigenvalue weighted by atomic mass is 16.6. The van der Waals surface area contributed by atoms with Gasteiger partial charge in [0.2, 0.25) is 0 Å². The van der Waals surface area contributed by atoms with Crippen LogP contribution >= 0.6 is 0 Å². The maximum atomic E-state index is 14.1. The molecular weight excluding hydrogens is 472 g/mol. The monoisotopic (exact) mass is 516 g/mol. The number of likely N-dealkylation sites (tertiary alicyclic amines) is 1. The first-order valence-corrected chi connectivity index (χ1v) is 13.5. The number of carbonyl (C=O) groups is 3. The molecule has 0 aromatic heterocycles. The number of rotatable bonds is 7. The number of hydrogen-bond donors (Lipinski definition) is 1. The molecule has 1 saturated heterocycles. The quantitative estimate of drug-likeness (QED) is 0.588. The highest BCUT2D eigenvalue weighted by Crippen LogP contribution is 2.40. The van der Waals surface area contributed by atoms with Crippen molar-refractivity contribution in [1.82, 2.24) is 9.80 Å². The molecule has 37 heavy (non-hydrogen) atoms. The molecule has 0 unspecified atom stereocenters. The summed E-state index contributed by atoms with van der Waals surface area (Å²) in [6.45, 7) is 15.3. The standard InChI is InChI=1S/C28H44N4O5/c1-8-11-19-16-23-22(32(15-13-29)25(34)28(6,7)36-23)17-21(19)24(33)31(9-2)20-12-10-14-30(18-20)26(35)37-27(3,4)5/h16-17,20H,8-15,18,29H2,1-7H3/t20-/m1/s1. The van der Waals surface area contributed by atoms with E-state index in [1.165, 1.54) is 0 Å². The van der Waals surface area contributed by atoms with E-state index in [9.17, 15) is 14.4 Å². The molecule has 9 nitrogen and oxygen atoms in total. The van der Waals surface area contributed by atoms with Gasteiger partial charge in [0.25, 0.3) is 11.8 Å². The summed E-state index contributed by atoms with van der Waals surface area (Å²) in [7, 11) is 0. The van der Waals surface area contributed by atoms with Crippen LogP contribution in [0, 0.1) is 0 Å². The Bertz CT molecular complexity index is 1020. The summed E-state index contributed by atoms with van der Waals surface area (Å²) in [5, 5.41) is 0. The second-order valence-electron chi connectivity index (χ2n) is 11.4. The lowest BCUT2D eigenvalue weighted by Crippen LogP contribution is -2.54. The lowest BCUT2D eigenvalue weighted by Gasteiger charge is -2.41. The Labute approximate surface area is 221 Å². The smallest absolute Gasteiger partial charge is 0.410 e. The van der Waals surface area contributed by atoms with Crippen LogP contribution in [-0.2, 0) is 16.0 Å². The third-order valence-corrected chi connectivity index (χ3v) is 6.79. The first kappa shape index (κ1) is 28.8. The average Bonchev–Trinajstić information content (AvgIpc) is 2.81. The number of fused-ring (bicyclic) bond motifs is 1.